The molecule has 0 aromatic heterocycles. The van der Waals surface area contributed by atoms with Crippen molar-refractivity contribution in [1.82, 2.24) is 0 Å². The summed E-state index contributed by atoms with van der Waals surface area (Å²) in [4.78, 5) is 12.0. The van der Waals surface area contributed by atoms with Gasteiger partial charge in [0.2, 0.25) is 0 Å². The van der Waals surface area contributed by atoms with Gasteiger partial charge in [0, 0.05) is 0 Å². The Kier molecular flexibility index (Phi) is 7.04. The zero-order chi connectivity index (χ0) is 16.4. The third kappa shape index (κ3) is 3.35. The fourth-order valence-corrected chi connectivity index (χ4v) is 27.3. The summed E-state index contributed by atoms with van der Waals surface area (Å²) in [5, 5.41) is 3.44. The third-order valence-electron chi connectivity index (χ3n) is 4.83. The quantitative estimate of drug-likeness (QED) is 0.341. The number of rotatable bonds is 5. The van der Waals surface area contributed by atoms with E-state index in [1.165, 1.54) is 0 Å². The first kappa shape index (κ1) is 20.6. The molecule has 0 rings (SSSR count). The first-order valence-electron chi connectivity index (χ1n) is 7.74. The van der Waals surface area contributed by atoms with Crippen molar-refractivity contribution in [3.8, 4) is 0 Å². The van der Waals surface area contributed by atoms with Crippen molar-refractivity contribution in [3.05, 3.63) is 4.15 Å². The third-order valence-corrected chi connectivity index (χ3v) is 29.6. The molecule has 20 heavy (non-hydrogen) atoms. The normalized spacial score (nSPS) is 14.1. The first-order chi connectivity index (χ1) is 8.87. The van der Waals surface area contributed by atoms with Crippen LogP contribution >= 0.6 is 6.04 Å². The van der Waals surface area contributed by atoms with Crippen molar-refractivity contribution in [2.75, 3.05) is 0 Å². The fourth-order valence-electron chi connectivity index (χ4n) is 3.44. The summed E-state index contributed by atoms with van der Waals surface area (Å²) in [7, 11) is 0. The van der Waals surface area contributed by atoms with Crippen LogP contribution in [0.2, 0.25) is 15.8 Å². The second-order valence-corrected chi connectivity index (χ2v) is 25.5. The van der Waals surface area contributed by atoms with Crippen molar-refractivity contribution in [3.63, 3.8) is 0 Å². The van der Waals surface area contributed by atoms with Crippen LogP contribution in [0.4, 0.5) is 0 Å². The van der Waals surface area contributed by atoms with Gasteiger partial charge in [0.15, 0.2) is 0 Å². The average Bonchev–Trinajstić information content (AvgIpc) is 2.32. The molecule has 118 valence electrons. The van der Waals surface area contributed by atoms with Gasteiger partial charge < -0.3 is 0 Å². The van der Waals surface area contributed by atoms with Crippen LogP contribution in [-0.4, -0.2) is 29.5 Å². The van der Waals surface area contributed by atoms with Crippen LogP contribution in [0.5, 0.6) is 0 Å². The maximum atomic E-state index is 12.0. The van der Waals surface area contributed by atoms with E-state index < -0.39 is 19.3 Å². The van der Waals surface area contributed by atoms with Gasteiger partial charge in [0.05, 0.1) is 0 Å². The predicted octanol–water partition coefficient (Wildman–Crippen LogP) is 5.83. The minimum absolute atomic E-state index is 0.0106. The summed E-state index contributed by atoms with van der Waals surface area (Å²) in [5.41, 5.74) is 0. The van der Waals surface area contributed by atoms with Crippen molar-refractivity contribution in [2.45, 2.75) is 88.4 Å². The topological polar surface area (TPSA) is 17.1 Å². The molecule has 0 bridgehead atoms. The first-order valence-corrected chi connectivity index (χ1v) is 16.0. The second kappa shape index (κ2) is 6.82. The van der Waals surface area contributed by atoms with Crippen molar-refractivity contribution in [2.24, 2.45) is 0 Å². The Morgan fingerprint density at radius 2 is 1.25 bits per heavy atom. The predicted molar refractivity (Wildman–Crippen MR) is 100 cm³/mol. The molecular formula is C16H33GeOPS. The van der Waals surface area contributed by atoms with E-state index in [-0.39, 0.29) is 10.3 Å². The van der Waals surface area contributed by atoms with Gasteiger partial charge in [-0.25, -0.2) is 0 Å². The Balaban J connectivity index is 6.49. The summed E-state index contributed by atoms with van der Waals surface area (Å²) in [6, 6.07) is -1.96. The Labute approximate surface area is 134 Å². The van der Waals surface area contributed by atoms with Crippen molar-refractivity contribution >= 4 is 37.1 Å². The van der Waals surface area contributed by atoms with Crippen LogP contribution in [0, 0.1) is 0 Å². The van der Waals surface area contributed by atoms with E-state index in [9.17, 15) is 4.79 Å². The molecule has 0 aliphatic carbocycles. The van der Waals surface area contributed by atoms with Crippen molar-refractivity contribution in [1.29, 1.82) is 0 Å². The van der Waals surface area contributed by atoms with Gasteiger partial charge in [0.1, 0.15) is 0 Å². The average molecular weight is 377 g/mol. The monoisotopic (exact) mass is 378 g/mol. The van der Waals surface area contributed by atoms with Gasteiger partial charge in [-0.2, -0.15) is 0 Å². The molecule has 0 heterocycles. The van der Waals surface area contributed by atoms with Gasteiger partial charge in [-0.05, 0) is 0 Å². The number of hydrogen-bond acceptors (Lipinski definition) is 2. The summed E-state index contributed by atoms with van der Waals surface area (Å²) in [6.45, 7) is 20.1. The molecule has 0 saturated heterocycles. The van der Waals surface area contributed by atoms with Crippen LogP contribution in [-0.2, 0) is 16.6 Å². The SMILES string of the molecule is C[CH2][Ge]([CH2]C)([CH2]C)[C](=C=O)P(=S)(C(C)(C)C)C(C)(C)C. The summed E-state index contributed by atoms with van der Waals surface area (Å²) < 4.78 is 1.11. The van der Waals surface area contributed by atoms with E-state index in [0.29, 0.717) is 0 Å². The Hall–Kier alpha value is 0.643. The molecule has 0 aromatic carbocycles. The molecule has 0 radical (unpaired) electrons. The Morgan fingerprint density at radius 3 is 1.40 bits per heavy atom. The van der Waals surface area contributed by atoms with Crippen LogP contribution in [0.15, 0.2) is 4.15 Å². The number of hydrogen-bond donors (Lipinski definition) is 0. The Bertz CT molecular complexity index is 406. The molecule has 0 spiro atoms. The van der Waals surface area contributed by atoms with Crippen LogP contribution in [0.3, 0.4) is 0 Å². The Morgan fingerprint density at radius 1 is 0.950 bits per heavy atom. The molecule has 0 amide bonds. The molecule has 0 fully saturated rings. The molecular weight excluding hydrogens is 344 g/mol. The van der Waals surface area contributed by atoms with Gasteiger partial charge in [-0.15, -0.1) is 0 Å². The van der Waals surface area contributed by atoms with E-state index in [1.807, 2.05) is 0 Å². The molecule has 0 aliphatic heterocycles. The summed E-state index contributed by atoms with van der Waals surface area (Å²) >= 11 is 3.95. The summed E-state index contributed by atoms with van der Waals surface area (Å²) in [5.74, 6) is 2.44. The zero-order valence-electron chi connectivity index (χ0n) is 14.9. The fraction of sp³-hybridized carbons (Fsp3) is 0.875. The standard InChI is InChI=1S/C16H33GeOPS/c1-10-17(11-2,12-3)14(13-18)19(20,15(4,5)6)16(7,8)9/h10-12H2,1-9H3. The molecule has 0 N–H and O–H groups in total. The molecule has 4 heteroatoms. The van der Waals surface area contributed by atoms with Crippen LogP contribution < -0.4 is 0 Å². The van der Waals surface area contributed by atoms with E-state index in [0.717, 1.165) is 19.9 Å². The van der Waals surface area contributed by atoms with Gasteiger partial charge in [0.25, 0.3) is 0 Å². The molecule has 1 nitrogen and oxygen atoms in total. The second-order valence-electron chi connectivity index (χ2n) is 7.74. The zero-order valence-corrected chi connectivity index (χ0v) is 18.7. The maximum absolute atomic E-state index is 12.0. The molecule has 0 aromatic rings. The molecule has 0 aliphatic rings. The minimum atomic E-state index is -2.36. The van der Waals surface area contributed by atoms with E-state index >= 15 is 0 Å². The van der Waals surface area contributed by atoms with Gasteiger partial charge >= 0.3 is 134 Å². The summed E-state index contributed by atoms with van der Waals surface area (Å²) in [6.07, 6.45) is 0. The van der Waals surface area contributed by atoms with Gasteiger partial charge in [-0.3, -0.25) is 0 Å². The number of carbonyl (C=O) groups excluding carboxylic acids is 1. The molecule has 0 unspecified atom stereocenters. The van der Waals surface area contributed by atoms with Crippen molar-refractivity contribution < 1.29 is 4.79 Å². The van der Waals surface area contributed by atoms with E-state index in [2.05, 4.69) is 68.3 Å². The van der Waals surface area contributed by atoms with E-state index in [4.69, 9.17) is 11.8 Å². The molecule has 0 atom stereocenters. The van der Waals surface area contributed by atoms with Crippen LogP contribution in [0.1, 0.15) is 62.3 Å². The van der Waals surface area contributed by atoms with Crippen LogP contribution in [0.25, 0.3) is 0 Å². The van der Waals surface area contributed by atoms with E-state index in [1.54, 1.807) is 0 Å². The van der Waals surface area contributed by atoms with Gasteiger partial charge in [-0.1, -0.05) is 0 Å². The molecule has 0 saturated carbocycles.